The van der Waals surface area contributed by atoms with Crippen LogP contribution in [0.1, 0.15) is 25.7 Å². The van der Waals surface area contributed by atoms with E-state index in [0.717, 1.165) is 31.4 Å². The van der Waals surface area contributed by atoms with Crippen LogP contribution in [0.4, 0.5) is 11.4 Å². The van der Waals surface area contributed by atoms with E-state index in [9.17, 15) is 13.2 Å². The summed E-state index contributed by atoms with van der Waals surface area (Å²) < 4.78 is 25.8. The molecule has 0 heterocycles. The first-order valence-corrected chi connectivity index (χ1v) is 9.22. The van der Waals surface area contributed by atoms with Gasteiger partial charge < -0.3 is 10.2 Å². The van der Waals surface area contributed by atoms with Gasteiger partial charge in [0.15, 0.2) is 0 Å². The van der Waals surface area contributed by atoms with Crippen LogP contribution in [0.3, 0.4) is 0 Å². The summed E-state index contributed by atoms with van der Waals surface area (Å²) in [5.41, 5.74) is 1.32. The molecule has 0 saturated heterocycles. The molecule has 0 atom stereocenters. The zero-order valence-electron chi connectivity index (χ0n) is 14.2. The van der Waals surface area contributed by atoms with Crippen LogP contribution < -0.4 is 10.2 Å². The van der Waals surface area contributed by atoms with Gasteiger partial charge in [0.05, 0.1) is 16.3 Å². The van der Waals surface area contributed by atoms with Crippen LogP contribution >= 0.6 is 0 Å². The highest BCUT2D eigenvalue weighted by atomic mass is 32.2. The number of benzene rings is 1. The SMILES string of the molecule is CN(C)c1ccc(S(=O)(=O)N(C)C)cc1NC(=O)C1CCCC1. The fourth-order valence-electron chi connectivity index (χ4n) is 2.80. The lowest BCUT2D eigenvalue weighted by atomic mass is 10.1. The largest absolute Gasteiger partial charge is 0.376 e. The quantitative estimate of drug-likeness (QED) is 0.892. The summed E-state index contributed by atoms with van der Waals surface area (Å²) in [5.74, 6) is 0.00382. The van der Waals surface area contributed by atoms with Crippen molar-refractivity contribution in [1.29, 1.82) is 0 Å². The van der Waals surface area contributed by atoms with Gasteiger partial charge in [-0.3, -0.25) is 4.79 Å². The Hall–Kier alpha value is -1.60. The Bertz CT molecular complexity index is 678. The molecule has 128 valence electrons. The van der Waals surface area contributed by atoms with E-state index in [1.165, 1.54) is 24.5 Å². The Morgan fingerprint density at radius 3 is 2.26 bits per heavy atom. The van der Waals surface area contributed by atoms with E-state index in [1.54, 1.807) is 12.1 Å². The summed E-state index contributed by atoms with van der Waals surface area (Å²) in [7, 11) is 3.17. The third-order valence-corrected chi connectivity index (χ3v) is 6.02. The van der Waals surface area contributed by atoms with Gasteiger partial charge in [0.25, 0.3) is 0 Å². The zero-order chi connectivity index (χ0) is 17.2. The van der Waals surface area contributed by atoms with Crippen molar-refractivity contribution >= 4 is 27.3 Å². The first-order chi connectivity index (χ1) is 10.7. The second-order valence-electron chi connectivity index (χ2n) is 6.33. The van der Waals surface area contributed by atoms with E-state index >= 15 is 0 Å². The van der Waals surface area contributed by atoms with Crippen molar-refractivity contribution in [3.05, 3.63) is 18.2 Å². The molecule has 1 amide bonds. The number of rotatable bonds is 5. The van der Waals surface area contributed by atoms with E-state index < -0.39 is 10.0 Å². The number of carbonyl (C=O) groups excluding carboxylic acids is 1. The van der Waals surface area contributed by atoms with Crippen molar-refractivity contribution in [2.45, 2.75) is 30.6 Å². The third kappa shape index (κ3) is 3.84. The standard InChI is InChI=1S/C16H25N3O3S/c1-18(2)15-10-9-13(23(21,22)19(3)4)11-14(15)17-16(20)12-7-5-6-8-12/h9-12H,5-8H2,1-4H3,(H,17,20). The molecule has 0 spiro atoms. The zero-order valence-corrected chi connectivity index (χ0v) is 15.0. The lowest BCUT2D eigenvalue weighted by molar-refractivity contribution is -0.119. The van der Waals surface area contributed by atoms with Crippen molar-refractivity contribution in [2.75, 3.05) is 38.4 Å². The van der Waals surface area contributed by atoms with Gasteiger partial charge in [0, 0.05) is 34.1 Å². The van der Waals surface area contributed by atoms with Gasteiger partial charge in [-0.15, -0.1) is 0 Å². The molecule has 1 aliphatic carbocycles. The Labute approximate surface area is 138 Å². The van der Waals surface area contributed by atoms with Crippen molar-refractivity contribution in [3.8, 4) is 0 Å². The second kappa shape index (κ2) is 6.88. The van der Waals surface area contributed by atoms with Gasteiger partial charge in [-0.05, 0) is 31.0 Å². The summed E-state index contributed by atoms with van der Waals surface area (Å²) in [4.78, 5) is 14.4. The molecule has 7 heteroatoms. The van der Waals surface area contributed by atoms with Crippen LogP contribution in [0.2, 0.25) is 0 Å². The van der Waals surface area contributed by atoms with Gasteiger partial charge in [-0.1, -0.05) is 12.8 Å². The van der Waals surface area contributed by atoms with Gasteiger partial charge in [-0.25, -0.2) is 12.7 Å². The number of hydrogen-bond donors (Lipinski definition) is 1. The molecule has 1 aromatic rings. The number of anilines is 2. The van der Waals surface area contributed by atoms with Crippen molar-refractivity contribution in [1.82, 2.24) is 4.31 Å². The topological polar surface area (TPSA) is 69.7 Å². The third-order valence-electron chi connectivity index (χ3n) is 4.21. The molecule has 1 saturated carbocycles. The maximum absolute atomic E-state index is 12.4. The highest BCUT2D eigenvalue weighted by Gasteiger charge is 2.25. The Balaban J connectivity index is 2.36. The van der Waals surface area contributed by atoms with Gasteiger partial charge in [0.1, 0.15) is 0 Å². The van der Waals surface area contributed by atoms with Gasteiger partial charge >= 0.3 is 0 Å². The number of nitrogens with zero attached hydrogens (tertiary/aromatic N) is 2. The van der Waals surface area contributed by atoms with Gasteiger partial charge in [-0.2, -0.15) is 0 Å². The minimum Gasteiger partial charge on any atom is -0.376 e. The van der Waals surface area contributed by atoms with E-state index in [2.05, 4.69) is 5.32 Å². The molecule has 23 heavy (non-hydrogen) atoms. The monoisotopic (exact) mass is 339 g/mol. The lowest BCUT2D eigenvalue weighted by Gasteiger charge is -2.21. The molecule has 0 aliphatic heterocycles. The molecule has 1 aromatic carbocycles. The second-order valence-corrected chi connectivity index (χ2v) is 8.48. The molecular formula is C16H25N3O3S. The van der Waals surface area contributed by atoms with Crippen molar-refractivity contribution in [3.63, 3.8) is 0 Å². The maximum atomic E-state index is 12.4. The predicted octanol–water partition coefficient (Wildman–Crippen LogP) is 2.13. The Morgan fingerprint density at radius 1 is 1.13 bits per heavy atom. The summed E-state index contributed by atoms with van der Waals surface area (Å²) in [6.07, 6.45) is 3.96. The molecule has 6 nitrogen and oxygen atoms in total. The van der Waals surface area contributed by atoms with Crippen molar-refractivity contribution in [2.24, 2.45) is 5.92 Å². The van der Waals surface area contributed by atoms with E-state index in [1.807, 2.05) is 19.0 Å². The summed E-state index contributed by atoms with van der Waals surface area (Å²) in [6, 6.07) is 4.83. The maximum Gasteiger partial charge on any atom is 0.242 e. The normalized spacial score (nSPS) is 15.9. The molecule has 1 fully saturated rings. The average Bonchev–Trinajstić information content (AvgIpc) is 3.00. The minimum atomic E-state index is -3.53. The number of carbonyl (C=O) groups is 1. The van der Waals surface area contributed by atoms with Crippen LogP contribution in [-0.2, 0) is 14.8 Å². The fourth-order valence-corrected chi connectivity index (χ4v) is 3.73. The molecule has 0 unspecified atom stereocenters. The Kier molecular flexibility index (Phi) is 5.31. The van der Waals surface area contributed by atoms with Crippen LogP contribution in [0.5, 0.6) is 0 Å². The molecule has 1 aliphatic rings. The fraction of sp³-hybridized carbons (Fsp3) is 0.562. The van der Waals surface area contributed by atoms with E-state index in [0.29, 0.717) is 5.69 Å². The number of hydrogen-bond acceptors (Lipinski definition) is 4. The van der Waals surface area contributed by atoms with Gasteiger partial charge in [0.2, 0.25) is 15.9 Å². The van der Waals surface area contributed by atoms with Crippen LogP contribution in [-0.4, -0.2) is 46.8 Å². The van der Waals surface area contributed by atoms with E-state index in [-0.39, 0.29) is 16.7 Å². The molecule has 1 N–H and O–H groups in total. The number of amides is 1. The number of nitrogens with one attached hydrogen (secondary N) is 1. The minimum absolute atomic E-state index is 0.0231. The van der Waals surface area contributed by atoms with E-state index in [4.69, 9.17) is 0 Å². The van der Waals surface area contributed by atoms with Crippen molar-refractivity contribution < 1.29 is 13.2 Å². The van der Waals surface area contributed by atoms with Crippen LogP contribution in [0.25, 0.3) is 0 Å². The molecular weight excluding hydrogens is 314 g/mol. The highest BCUT2D eigenvalue weighted by molar-refractivity contribution is 7.89. The summed E-state index contributed by atoms with van der Waals surface area (Å²) in [6.45, 7) is 0. The summed E-state index contributed by atoms with van der Waals surface area (Å²) >= 11 is 0. The molecule has 0 radical (unpaired) electrons. The summed E-state index contributed by atoms with van der Waals surface area (Å²) in [5, 5.41) is 2.92. The average molecular weight is 339 g/mol. The first kappa shape index (κ1) is 17.7. The van der Waals surface area contributed by atoms with Crippen LogP contribution in [0, 0.1) is 5.92 Å². The van der Waals surface area contributed by atoms with Crippen LogP contribution in [0.15, 0.2) is 23.1 Å². The molecule has 0 aromatic heterocycles. The smallest absolute Gasteiger partial charge is 0.242 e. The first-order valence-electron chi connectivity index (χ1n) is 7.78. The molecule has 2 rings (SSSR count). The Morgan fingerprint density at radius 2 is 1.74 bits per heavy atom. The molecule has 0 bridgehead atoms. The predicted molar refractivity (Wildman–Crippen MR) is 92.2 cm³/mol. The lowest BCUT2D eigenvalue weighted by Crippen LogP contribution is -2.24. The number of sulfonamides is 1. The highest BCUT2D eigenvalue weighted by Crippen LogP contribution is 2.31.